The van der Waals surface area contributed by atoms with E-state index in [1.54, 1.807) is 31.4 Å². The van der Waals surface area contributed by atoms with Gasteiger partial charge in [-0.05, 0) is 37.1 Å². The summed E-state index contributed by atoms with van der Waals surface area (Å²) in [5.41, 5.74) is 0.281. The molecular weight excluding hydrogens is 368 g/mol. The highest BCUT2D eigenvalue weighted by molar-refractivity contribution is 8.00. The van der Waals surface area contributed by atoms with E-state index >= 15 is 0 Å². The van der Waals surface area contributed by atoms with Gasteiger partial charge >= 0.3 is 0 Å². The number of thioether (sulfide) groups is 1. The number of methoxy groups -OCH3 is 1. The minimum absolute atomic E-state index is 0.0364. The van der Waals surface area contributed by atoms with Crippen LogP contribution in [0.2, 0.25) is 0 Å². The second-order valence-corrected chi connectivity index (χ2v) is 7.74. The Morgan fingerprint density at radius 2 is 1.96 bits per heavy atom. The molecule has 0 aromatic heterocycles. The number of rotatable bonds is 8. The molecule has 0 spiro atoms. The van der Waals surface area contributed by atoms with Gasteiger partial charge in [-0.15, -0.1) is 11.8 Å². The Kier molecular flexibility index (Phi) is 6.57. The molecule has 2 fully saturated rings. The lowest BCUT2D eigenvalue weighted by molar-refractivity contribution is -0.125. The molecule has 0 bridgehead atoms. The van der Waals surface area contributed by atoms with Crippen molar-refractivity contribution in [1.29, 1.82) is 0 Å². The lowest BCUT2D eigenvalue weighted by atomic mass is 10.1. The van der Waals surface area contributed by atoms with Crippen molar-refractivity contribution in [3.05, 3.63) is 24.3 Å². The maximum atomic E-state index is 12.1. The molecule has 9 heteroatoms. The van der Waals surface area contributed by atoms with Crippen molar-refractivity contribution in [2.45, 2.75) is 43.3 Å². The number of benzene rings is 1. The van der Waals surface area contributed by atoms with Gasteiger partial charge in [0.2, 0.25) is 17.7 Å². The molecule has 1 heterocycles. The zero-order valence-corrected chi connectivity index (χ0v) is 15.9. The Balaban J connectivity index is 1.42. The molecule has 1 aliphatic carbocycles. The fraction of sp³-hybridized carbons (Fsp3) is 0.500. The van der Waals surface area contributed by atoms with Crippen LogP contribution in [0, 0.1) is 0 Å². The average molecular weight is 392 g/mol. The fourth-order valence-electron chi connectivity index (χ4n) is 2.73. The number of ether oxygens (including phenoxy) is 1. The molecule has 8 nitrogen and oxygen atoms in total. The number of hydrogen-bond donors (Lipinski definition) is 4. The maximum Gasteiger partial charge on any atom is 0.234 e. The van der Waals surface area contributed by atoms with Gasteiger partial charge in [0.05, 0.1) is 12.9 Å². The van der Waals surface area contributed by atoms with Gasteiger partial charge < -0.3 is 20.7 Å². The van der Waals surface area contributed by atoms with Crippen LogP contribution in [-0.2, 0) is 14.4 Å². The molecule has 1 aromatic rings. The standard InChI is InChI=1S/C18H24N4O4S/c1-26-14-6-4-12(5-7-14)20-17(25)10-27-18-21-13(9-16(24)22-18)8-15(23)19-11-2-3-11/h4-7,11,13,18,21H,2-3,8-10H2,1H3,(H,19,23)(H,20,25)(H,22,24). The van der Waals surface area contributed by atoms with Crippen LogP contribution in [-0.4, -0.2) is 48.2 Å². The quantitative estimate of drug-likeness (QED) is 0.521. The van der Waals surface area contributed by atoms with Crippen LogP contribution in [0.1, 0.15) is 25.7 Å². The Morgan fingerprint density at radius 3 is 2.63 bits per heavy atom. The van der Waals surface area contributed by atoms with Crippen LogP contribution in [0.4, 0.5) is 5.69 Å². The lowest BCUT2D eigenvalue weighted by Gasteiger charge is -2.30. The molecule has 146 valence electrons. The van der Waals surface area contributed by atoms with E-state index in [0.717, 1.165) is 12.8 Å². The molecule has 4 N–H and O–H groups in total. The lowest BCUT2D eigenvalue weighted by Crippen LogP contribution is -2.56. The summed E-state index contributed by atoms with van der Waals surface area (Å²) in [6.07, 6.45) is 2.59. The Morgan fingerprint density at radius 1 is 1.22 bits per heavy atom. The molecule has 1 saturated carbocycles. The fourth-order valence-corrected chi connectivity index (χ4v) is 3.63. The summed E-state index contributed by atoms with van der Waals surface area (Å²) in [6, 6.07) is 7.14. The van der Waals surface area contributed by atoms with E-state index in [1.165, 1.54) is 11.8 Å². The first-order valence-electron chi connectivity index (χ1n) is 8.92. The first kappa shape index (κ1) is 19.5. The van der Waals surface area contributed by atoms with Gasteiger partial charge in [0.25, 0.3) is 0 Å². The molecule has 2 aliphatic rings. The van der Waals surface area contributed by atoms with Gasteiger partial charge in [-0.1, -0.05) is 0 Å². The Bertz CT molecular complexity index is 693. The zero-order valence-electron chi connectivity index (χ0n) is 15.1. The molecule has 3 rings (SSSR count). The summed E-state index contributed by atoms with van der Waals surface area (Å²) in [7, 11) is 1.58. The molecule has 0 radical (unpaired) electrons. The van der Waals surface area contributed by atoms with E-state index < -0.39 is 5.50 Å². The number of anilines is 1. The first-order chi connectivity index (χ1) is 13.0. The molecular formula is C18H24N4O4S. The van der Waals surface area contributed by atoms with E-state index in [0.29, 0.717) is 17.5 Å². The largest absolute Gasteiger partial charge is 0.497 e. The summed E-state index contributed by atoms with van der Waals surface area (Å²) < 4.78 is 5.08. The number of nitrogens with one attached hydrogen (secondary N) is 4. The van der Waals surface area contributed by atoms with E-state index in [2.05, 4.69) is 21.3 Å². The second kappa shape index (κ2) is 9.09. The van der Waals surface area contributed by atoms with Gasteiger partial charge in [-0.3, -0.25) is 19.7 Å². The van der Waals surface area contributed by atoms with E-state index in [4.69, 9.17) is 4.74 Å². The third-order valence-corrected chi connectivity index (χ3v) is 5.26. The molecule has 1 aromatic carbocycles. The smallest absolute Gasteiger partial charge is 0.234 e. The van der Waals surface area contributed by atoms with Gasteiger partial charge in [-0.25, -0.2) is 0 Å². The summed E-state index contributed by atoms with van der Waals surface area (Å²) in [5, 5.41) is 11.7. The van der Waals surface area contributed by atoms with Crippen molar-refractivity contribution in [2.75, 3.05) is 18.2 Å². The van der Waals surface area contributed by atoms with E-state index in [9.17, 15) is 14.4 Å². The highest BCUT2D eigenvalue weighted by atomic mass is 32.2. The molecule has 1 saturated heterocycles. The van der Waals surface area contributed by atoms with E-state index in [-0.39, 0.29) is 42.4 Å². The second-order valence-electron chi connectivity index (χ2n) is 6.65. The number of carbonyl (C=O) groups excluding carboxylic acids is 3. The van der Waals surface area contributed by atoms with Crippen molar-refractivity contribution in [1.82, 2.24) is 16.0 Å². The Hall–Kier alpha value is -2.26. The maximum absolute atomic E-state index is 12.1. The van der Waals surface area contributed by atoms with E-state index in [1.807, 2.05) is 0 Å². The minimum atomic E-state index is -0.397. The van der Waals surface area contributed by atoms with Crippen molar-refractivity contribution < 1.29 is 19.1 Å². The number of hydrogen-bond acceptors (Lipinski definition) is 6. The number of amides is 3. The first-order valence-corrected chi connectivity index (χ1v) is 9.97. The number of carbonyl (C=O) groups is 3. The van der Waals surface area contributed by atoms with Crippen molar-refractivity contribution in [3.8, 4) is 5.75 Å². The van der Waals surface area contributed by atoms with Crippen LogP contribution in [0.15, 0.2) is 24.3 Å². The summed E-state index contributed by atoms with van der Waals surface area (Å²) in [6.45, 7) is 0. The van der Waals surface area contributed by atoms with Crippen LogP contribution >= 0.6 is 11.8 Å². The summed E-state index contributed by atoms with van der Waals surface area (Å²) in [5.74, 6) is 0.560. The highest BCUT2D eigenvalue weighted by Gasteiger charge is 2.30. The van der Waals surface area contributed by atoms with Gasteiger partial charge in [0.1, 0.15) is 11.2 Å². The van der Waals surface area contributed by atoms with Crippen LogP contribution in [0.25, 0.3) is 0 Å². The zero-order chi connectivity index (χ0) is 19.2. The third-order valence-electron chi connectivity index (χ3n) is 4.24. The SMILES string of the molecule is COc1ccc(NC(=O)CSC2NC(=O)CC(CC(=O)NC3CC3)N2)cc1. The van der Waals surface area contributed by atoms with Crippen LogP contribution in [0.3, 0.4) is 0 Å². The van der Waals surface area contributed by atoms with Gasteiger partial charge in [0.15, 0.2) is 0 Å². The normalized spacial score (nSPS) is 21.9. The van der Waals surface area contributed by atoms with Crippen molar-refractivity contribution in [2.24, 2.45) is 0 Å². The molecule has 2 unspecified atom stereocenters. The topological polar surface area (TPSA) is 109 Å². The molecule has 1 aliphatic heterocycles. The molecule has 3 amide bonds. The van der Waals surface area contributed by atoms with Crippen molar-refractivity contribution >= 4 is 35.2 Å². The van der Waals surface area contributed by atoms with Crippen LogP contribution < -0.4 is 26.0 Å². The minimum Gasteiger partial charge on any atom is -0.497 e. The van der Waals surface area contributed by atoms with Crippen LogP contribution in [0.5, 0.6) is 5.75 Å². The molecule has 2 atom stereocenters. The monoisotopic (exact) mass is 392 g/mol. The summed E-state index contributed by atoms with van der Waals surface area (Å²) >= 11 is 1.28. The predicted molar refractivity (Wildman–Crippen MR) is 103 cm³/mol. The molecule has 27 heavy (non-hydrogen) atoms. The van der Waals surface area contributed by atoms with Gasteiger partial charge in [0, 0.05) is 30.6 Å². The Labute approximate surface area is 162 Å². The predicted octanol–water partition coefficient (Wildman–Crippen LogP) is 0.797. The average Bonchev–Trinajstić information content (AvgIpc) is 3.44. The summed E-state index contributed by atoms with van der Waals surface area (Å²) in [4.78, 5) is 35.9. The van der Waals surface area contributed by atoms with Crippen molar-refractivity contribution in [3.63, 3.8) is 0 Å². The third kappa shape index (κ3) is 6.44. The van der Waals surface area contributed by atoms with Gasteiger partial charge in [-0.2, -0.15) is 0 Å². The highest BCUT2D eigenvalue weighted by Crippen LogP contribution is 2.20.